The Morgan fingerprint density at radius 3 is 2.60 bits per heavy atom. The molecule has 0 bridgehead atoms. The quantitative estimate of drug-likeness (QED) is 0.774. The molecule has 0 aliphatic carbocycles. The monoisotopic (exact) mass is 270 g/mol. The van der Waals surface area contributed by atoms with Crippen molar-refractivity contribution in [3.8, 4) is 5.69 Å². The molecular formula is C9H7BrN2O3. The average Bonchev–Trinajstić information content (AvgIpc) is 2.46. The molecule has 0 atom stereocenters. The highest BCUT2D eigenvalue weighted by atomic mass is 79.9. The number of hydrogen-bond donors (Lipinski definition) is 0. The van der Waals surface area contributed by atoms with Gasteiger partial charge in [-0.3, -0.25) is 0 Å². The molecule has 2 aromatic rings. The van der Waals surface area contributed by atoms with Gasteiger partial charge in [-0.2, -0.15) is 0 Å². The van der Waals surface area contributed by atoms with Crippen LogP contribution in [0.1, 0.15) is 0 Å². The third kappa shape index (κ3) is 1.68. The van der Waals surface area contributed by atoms with Crippen molar-refractivity contribution in [2.75, 3.05) is 0 Å². The van der Waals surface area contributed by atoms with Gasteiger partial charge in [0.05, 0.1) is 5.69 Å². The Morgan fingerprint density at radius 2 is 2.07 bits per heavy atom. The molecule has 0 aliphatic rings. The maximum absolute atomic E-state index is 11.5. The summed E-state index contributed by atoms with van der Waals surface area (Å²) < 4.78 is 7.44. The zero-order valence-electron chi connectivity index (χ0n) is 7.81. The molecule has 1 aromatic heterocycles. The summed E-state index contributed by atoms with van der Waals surface area (Å²) in [7, 11) is 1.36. The van der Waals surface area contributed by atoms with E-state index >= 15 is 0 Å². The summed E-state index contributed by atoms with van der Waals surface area (Å²) in [5, 5.41) is 0. The summed E-state index contributed by atoms with van der Waals surface area (Å²) in [6.07, 6.45) is 0. The van der Waals surface area contributed by atoms with E-state index in [1.54, 1.807) is 18.2 Å². The summed E-state index contributed by atoms with van der Waals surface area (Å²) in [6, 6.07) is 6.92. The lowest BCUT2D eigenvalue weighted by molar-refractivity contribution is 0.312. The molecule has 78 valence electrons. The van der Waals surface area contributed by atoms with Crippen LogP contribution >= 0.6 is 15.9 Å². The Morgan fingerprint density at radius 1 is 1.33 bits per heavy atom. The fraction of sp³-hybridized carbons (Fsp3) is 0.111. The van der Waals surface area contributed by atoms with Crippen molar-refractivity contribution in [2.24, 2.45) is 7.05 Å². The van der Waals surface area contributed by atoms with Crippen molar-refractivity contribution < 1.29 is 4.52 Å². The number of halogens is 1. The highest BCUT2D eigenvalue weighted by Crippen LogP contribution is 2.13. The fourth-order valence-corrected chi connectivity index (χ4v) is 1.55. The van der Waals surface area contributed by atoms with E-state index in [0.29, 0.717) is 5.69 Å². The van der Waals surface area contributed by atoms with Crippen molar-refractivity contribution in [3.05, 3.63) is 49.8 Å². The van der Waals surface area contributed by atoms with Gasteiger partial charge in [-0.25, -0.2) is 14.2 Å². The number of aromatic nitrogens is 2. The van der Waals surface area contributed by atoms with Crippen LogP contribution < -0.4 is 11.4 Å². The van der Waals surface area contributed by atoms with Crippen LogP contribution in [0.2, 0.25) is 0 Å². The lowest BCUT2D eigenvalue weighted by atomic mass is 10.3. The van der Waals surface area contributed by atoms with Crippen LogP contribution in [0.5, 0.6) is 0 Å². The molecule has 0 saturated heterocycles. The Bertz CT molecular complexity index is 608. The molecule has 0 aliphatic heterocycles. The summed E-state index contributed by atoms with van der Waals surface area (Å²) in [4.78, 5) is 22.6. The van der Waals surface area contributed by atoms with Crippen LogP contribution in [0, 0.1) is 0 Å². The normalized spacial score (nSPS) is 10.5. The predicted octanol–water partition coefficient (Wildman–Crippen LogP) is 0.892. The van der Waals surface area contributed by atoms with E-state index in [0.717, 1.165) is 13.8 Å². The van der Waals surface area contributed by atoms with E-state index in [1.807, 2.05) is 6.07 Å². The van der Waals surface area contributed by atoms with Gasteiger partial charge in [0.2, 0.25) is 0 Å². The topological polar surface area (TPSA) is 57.1 Å². The van der Waals surface area contributed by atoms with Crippen molar-refractivity contribution in [1.29, 1.82) is 0 Å². The van der Waals surface area contributed by atoms with Crippen LogP contribution in [0.4, 0.5) is 0 Å². The predicted molar refractivity (Wildman–Crippen MR) is 57.2 cm³/mol. The van der Waals surface area contributed by atoms with Crippen LogP contribution in [-0.2, 0) is 7.05 Å². The van der Waals surface area contributed by atoms with Gasteiger partial charge in [-0.05, 0) is 18.2 Å². The first-order chi connectivity index (χ1) is 7.09. The molecule has 1 aromatic carbocycles. The van der Waals surface area contributed by atoms with E-state index in [2.05, 4.69) is 15.9 Å². The molecule has 1 heterocycles. The highest BCUT2D eigenvalue weighted by molar-refractivity contribution is 9.10. The van der Waals surface area contributed by atoms with E-state index < -0.39 is 11.4 Å². The van der Waals surface area contributed by atoms with Gasteiger partial charge in [0.1, 0.15) is 0 Å². The Labute approximate surface area is 92.6 Å². The first-order valence-electron chi connectivity index (χ1n) is 4.15. The number of rotatable bonds is 1. The third-order valence-electron chi connectivity index (χ3n) is 1.95. The zero-order chi connectivity index (χ0) is 11.0. The van der Waals surface area contributed by atoms with E-state index in [1.165, 1.54) is 7.05 Å². The van der Waals surface area contributed by atoms with Gasteiger partial charge >= 0.3 is 11.4 Å². The Kier molecular flexibility index (Phi) is 2.36. The third-order valence-corrected chi connectivity index (χ3v) is 2.44. The maximum atomic E-state index is 11.5. The molecule has 0 amide bonds. The molecule has 2 rings (SSSR count). The first-order valence-corrected chi connectivity index (χ1v) is 4.94. The largest absolute Gasteiger partial charge is 0.442 e. The summed E-state index contributed by atoms with van der Waals surface area (Å²) in [5.41, 5.74) is 0.00479. The van der Waals surface area contributed by atoms with Crippen molar-refractivity contribution in [3.63, 3.8) is 0 Å². The molecule has 0 fully saturated rings. The highest BCUT2D eigenvalue weighted by Gasteiger charge is 2.09. The standard InChI is InChI=1S/C9H7BrN2O3/c1-11-8(13)12(15-9(11)14)7-4-2-3-6(10)5-7/h2-5H,1H3. The molecule has 6 heteroatoms. The summed E-state index contributed by atoms with van der Waals surface area (Å²) in [5.74, 6) is -0.681. The Balaban J connectivity index is 2.70. The molecule has 0 radical (unpaired) electrons. The SMILES string of the molecule is Cn1c(=O)on(-c2cccc(Br)c2)c1=O. The van der Waals surface area contributed by atoms with Crippen molar-refractivity contribution >= 4 is 15.9 Å². The average molecular weight is 271 g/mol. The second-order valence-electron chi connectivity index (χ2n) is 2.97. The summed E-state index contributed by atoms with van der Waals surface area (Å²) >= 11 is 3.27. The van der Waals surface area contributed by atoms with Gasteiger partial charge in [-0.15, -0.1) is 4.74 Å². The molecule has 15 heavy (non-hydrogen) atoms. The molecule has 0 spiro atoms. The minimum Gasteiger partial charge on any atom is -0.312 e. The van der Waals surface area contributed by atoms with Gasteiger partial charge in [0.25, 0.3) is 0 Å². The molecule has 0 unspecified atom stereocenters. The molecule has 0 N–H and O–H groups in total. The van der Waals surface area contributed by atoms with E-state index in [9.17, 15) is 9.59 Å². The van der Waals surface area contributed by atoms with Gasteiger partial charge in [0.15, 0.2) is 0 Å². The Hall–Kier alpha value is -1.56. The summed E-state index contributed by atoms with van der Waals surface area (Å²) in [6.45, 7) is 0. The number of nitrogens with zero attached hydrogens (tertiary/aromatic N) is 2. The lowest BCUT2D eigenvalue weighted by Gasteiger charge is -1.97. The van der Waals surface area contributed by atoms with Crippen LogP contribution in [-0.4, -0.2) is 9.31 Å². The molecule has 0 saturated carbocycles. The van der Waals surface area contributed by atoms with Crippen LogP contribution in [0.25, 0.3) is 5.69 Å². The van der Waals surface area contributed by atoms with Gasteiger partial charge in [-0.1, -0.05) is 22.0 Å². The van der Waals surface area contributed by atoms with Crippen LogP contribution in [0.3, 0.4) is 0 Å². The maximum Gasteiger partial charge on any atom is 0.442 e. The molecular weight excluding hydrogens is 264 g/mol. The van der Waals surface area contributed by atoms with Gasteiger partial charge < -0.3 is 4.52 Å². The second kappa shape index (κ2) is 3.54. The van der Waals surface area contributed by atoms with Gasteiger partial charge in [0, 0.05) is 11.5 Å². The fourth-order valence-electron chi connectivity index (χ4n) is 1.16. The van der Waals surface area contributed by atoms with E-state index in [4.69, 9.17) is 4.52 Å². The van der Waals surface area contributed by atoms with Crippen molar-refractivity contribution in [2.45, 2.75) is 0 Å². The lowest BCUT2D eigenvalue weighted by Crippen LogP contribution is -2.25. The minimum absolute atomic E-state index is 0.502. The van der Waals surface area contributed by atoms with Crippen molar-refractivity contribution in [1.82, 2.24) is 9.31 Å². The number of benzene rings is 1. The zero-order valence-corrected chi connectivity index (χ0v) is 9.39. The molecule has 5 nitrogen and oxygen atoms in total. The van der Waals surface area contributed by atoms with Crippen LogP contribution in [0.15, 0.2) is 42.9 Å². The van der Waals surface area contributed by atoms with E-state index in [-0.39, 0.29) is 0 Å². The minimum atomic E-state index is -0.681. The smallest absolute Gasteiger partial charge is 0.312 e. The first kappa shape index (κ1) is 9.97. The number of hydrogen-bond acceptors (Lipinski definition) is 3. The second-order valence-corrected chi connectivity index (χ2v) is 3.89.